The van der Waals surface area contributed by atoms with E-state index >= 15 is 0 Å². The average Bonchev–Trinajstić information content (AvgIpc) is 2.68. The van der Waals surface area contributed by atoms with Crippen LogP contribution in [0.25, 0.3) is 0 Å². The zero-order chi connectivity index (χ0) is 18.6. The lowest BCUT2D eigenvalue weighted by molar-refractivity contribution is -0.960. The first-order chi connectivity index (χ1) is 12.5. The van der Waals surface area contributed by atoms with E-state index in [1.54, 1.807) is 12.1 Å². The largest absolute Gasteiger partial charge is 0.495 e. The molecule has 2 fully saturated rings. The third-order valence-electron chi connectivity index (χ3n) is 5.87. The normalized spacial score (nSPS) is 21.5. The molecule has 1 aromatic carbocycles. The van der Waals surface area contributed by atoms with Crippen molar-refractivity contribution in [1.29, 1.82) is 0 Å². The molecule has 0 amide bonds. The van der Waals surface area contributed by atoms with Gasteiger partial charge in [-0.1, -0.05) is 12.5 Å². The van der Waals surface area contributed by atoms with Gasteiger partial charge in [-0.15, -0.1) is 0 Å². The van der Waals surface area contributed by atoms with Gasteiger partial charge >= 0.3 is 0 Å². The van der Waals surface area contributed by atoms with E-state index in [9.17, 15) is 8.42 Å². The number of nitrogens with one attached hydrogen (secondary N) is 2. The minimum absolute atomic E-state index is 0.0217. The van der Waals surface area contributed by atoms with E-state index in [0.29, 0.717) is 12.3 Å². The summed E-state index contributed by atoms with van der Waals surface area (Å²) in [4.78, 5) is 1.71. The molecule has 0 spiro atoms. The molecule has 1 aliphatic carbocycles. The van der Waals surface area contributed by atoms with Crippen molar-refractivity contribution in [3.05, 3.63) is 23.8 Å². The van der Waals surface area contributed by atoms with Gasteiger partial charge in [-0.2, -0.15) is 0 Å². The van der Waals surface area contributed by atoms with Crippen LogP contribution in [0.4, 0.5) is 0 Å². The van der Waals surface area contributed by atoms with Crippen molar-refractivity contribution in [3.8, 4) is 5.75 Å². The van der Waals surface area contributed by atoms with Gasteiger partial charge < -0.3 is 14.4 Å². The summed E-state index contributed by atoms with van der Waals surface area (Å²) in [6, 6.07) is 5.25. The zero-order valence-corrected chi connectivity index (χ0v) is 16.7. The molecule has 7 heteroatoms. The molecular formula is C19H31N2O4S+. The highest BCUT2D eigenvalue weighted by Gasteiger charge is 2.43. The second kappa shape index (κ2) is 8.25. The summed E-state index contributed by atoms with van der Waals surface area (Å²) >= 11 is 0. The number of quaternary nitrogens is 1. The maximum absolute atomic E-state index is 13.0. The predicted octanol–water partition coefficient (Wildman–Crippen LogP) is 0.900. The first-order valence-electron chi connectivity index (χ1n) is 9.54. The highest BCUT2D eigenvalue weighted by Crippen LogP contribution is 2.28. The van der Waals surface area contributed by atoms with Gasteiger partial charge in [-0.3, -0.25) is 0 Å². The monoisotopic (exact) mass is 383 g/mol. The van der Waals surface area contributed by atoms with Crippen LogP contribution in [0.2, 0.25) is 0 Å². The summed E-state index contributed by atoms with van der Waals surface area (Å²) in [6.07, 6.45) is 5.70. The predicted molar refractivity (Wildman–Crippen MR) is 100 cm³/mol. The second-order valence-electron chi connectivity index (χ2n) is 7.54. The smallest absolute Gasteiger partial charge is 0.244 e. The molecule has 0 radical (unpaired) electrons. The van der Waals surface area contributed by atoms with E-state index in [0.717, 1.165) is 44.7 Å². The Hall–Kier alpha value is -1.15. The minimum atomic E-state index is -3.62. The van der Waals surface area contributed by atoms with Crippen molar-refractivity contribution in [2.75, 3.05) is 40.0 Å². The number of rotatable bonds is 6. The molecule has 1 aromatic rings. The van der Waals surface area contributed by atoms with Gasteiger partial charge in [0.25, 0.3) is 0 Å². The minimum Gasteiger partial charge on any atom is -0.495 e. The van der Waals surface area contributed by atoms with Crippen molar-refractivity contribution in [2.45, 2.75) is 49.5 Å². The number of morpholine rings is 1. The van der Waals surface area contributed by atoms with Crippen molar-refractivity contribution < 1.29 is 22.8 Å². The average molecular weight is 384 g/mol. The molecular weight excluding hydrogens is 352 g/mol. The van der Waals surface area contributed by atoms with Crippen LogP contribution >= 0.6 is 0 Å². The van der Waals surface area contributed by atoms with Crippen molar-refractivity contribution >= 4 is 10.0 Å². The zero-order valence-electron chi connectivity index (χ0n) is 15.8. The molecule has 1 saturated carbocycles. The van der Waals surface area contributed by atoms with Crippen molar-refractivity contribution in [1.82, 2.24) is 4.72 Å². The van der Waals surface area contributed by atoms with Gasteiger partial charge in [0, 0.05) is 12.8 Å². The third-order valence-corrected chi connectivity index (χ3v) is 7.29. The maximum atomic E-state index is 13.0. The molecule has 146 valence electrons. The van der Waals surface area contributed by atoms with Gasteiger partial charge in [0.15, 0.2) is 0 Å². The number of hydrogen-bond acceptors (Lipinski definition) is 4. The van der Waals surface area contributed by atoms with E-state index in [1.807, 2.05) is 13.0 Å². The Bertz CT molecular complexity index is 708. The van der Waals surface area contributed by atoms with Crippen molar-refractivity contribution in [3.63, 3.8) is 0 Å². The highest BCUT2D eigenvalue weighted by molar-refractivity contribution is 7.89. The van der Waals surface area contributed by atoms with Crippen LogP contribution < -0.4 is 14.4 Å². The Morgan fingerprint density at radius 2 is 1.88 bits per heavy atom. The lowest BCUT2D eigenvalue weighted by Gasteiger charge is -2.45. The number of hydrogen-bond donors (Lipinski definition) is 2. The second-order valence-corrected chi connectivity index (χ2v) is 9.27. The van der Waals surface area contributed by atoms with Crippen molar-refractivity contribution in [2.24, 2.45) is 0 Å². The van der Waals surface area contributed by atoms with Gasteiger partial charge in [0.1, 0.15) is 29.3 Å². The third kappa shape index (κ3) is 4.22. The van der Waals surface area contributed by atoms with Crippen LogP contribution in [0.5, 0.6) is 5.75 Å². The van der Waals surface area contributed by atoms with Gasteiger partial charge in [-0.25, -0.2) is 13.1 Å². The van der Waals surface area contributed by atoms with Gasteiger partial charge in [0.2, 0.25) is 10.0 Å². The van der Waals surface area contributed by atoms with E-state index in [4.69, 9.17) is 9.47 Å². The number of sulfonamides is 1. The first-order valence-corrected chi connectivity index (χ1v) is 11.0. The summed E-state index contributed by atoms with van der Waals surface area (Å²) in [7, 11) is -2.12. The molecule has 2 N–H and O–H groups in total. The van der Waals surface area contributed by atoms with Crippen LogP contribution in [0.1, 0.15) is 37.7 Å². The van der Waals surface area contributed by atoms with Crippen LogP contribution in [-0.2, 0) is 14.8 Å². The molecule has 1 aliphatic heterocycles. The Balaban J connectivity index is 1.81. The molecule has 0 aromatic heterocycles. The molecule has 26 heavy (non-hydrogen) atoms. The molecule has 1 heterocycles. The van der Waals surface area contributed by atoms with E-state index in [2.05, 4.69) is 4.72 Å². The van der Waals surface area contributed by atoms with Crippen LogP contribution in [0, 0.1) is 6.92 Å². The lowest BCUT2D eigenvalue weighted by atomic mass is 9.80. The standard InChI is InChI=1S/C19H30N2O4S/c1-16-6-7-17(24-2)18(14-16)26(22,23)20-15-19(8-4-3-5-9-19)21-10-12-25-13-11-21/h6-7,14,20H,3-5,8-13,15H2,1-2H3/p+1. The Labute approximate surface area is 156 Å². The van der Waals surface area contributed by atoms with Crippen LogP contribution in [-0.4, -0.2) is 53.9 Å². The van der Waals surface area contributed by atoms with Crippen LogP contribution in [0.15, 0.2) is 23.1 Å². The quantitative estimate of drug-likeness (QED) is 0.766. The fourth-order valence-electron chi connectivity index (χ4n) is 4.34. The van der Waals surface area contributed by atoms with Gasteiger partial charge in [-0.05, 0) is 37.5 Å². The number of ether oxygens (including phenoxy) is 2. The van der Waals surface area contributed by atoms with E-state index in [1.165, 1.54) is 31.3 Å². The number of methoxy groups -OCH3 is 1. The molecule has 2 aliphatic rings. The van der Waals surface area contributed by atoms with E-state index in [-0.39, 0.29) is 10.4 Å². The number of aryl methyl sites for hydroxylation is 1. The Morgan fingerprint density at radius 3 is 2.54 bits per heavy atom. The maximum Gasteiger partial charge on any atom is 0.244 e. The molecule has 0 atom stereocenters. The summed E-state index contributed by atoms with van der Waals surface area (Å²) in [5.74, 6) is 0.388. The topological polar surface area (TPSA) is 69.1 Å². The summed E-state index contributed by atoms with van der Waals surface area (Å²) in [5, 5.41) is 0. The lowest BCUT2D eigenvalue weighted by Crippen LogP contribution is -3.23. The van der Waals surface area contributed by atoms with Crippen LogP contribution in [0.3, 0.4) is 0 Å². The fourth-order valence-corrected chi connectivity index (χ4v) is 5.72. The van der Waals surface area contributed by atoms with E-state index < -0.39 is 10.0 Å². The Morgan fingerprint density at radius 1 is 1.19 bits per heavy atom. The molecule has 1 saturated heterocycles. The summed E-state index contributed by atoms with van der Waals surface area (Å²) in [5.41, 5.74) is 0.879. The highest BCUT2D eigenvalue weighted by atomic mass is 32.2. The SMILES string of the molecule is COc1ccc(C)cc1S(=O)(=O)NCC1([NH+]2CCOCC2)CCCCC1. The molecule has 3 rings (SSSR count). The first kappa shape index (κ1) is 19.6. The molecule has 0 unspecified atom stereocenters. The number of benzene rings is 1. The molecule has 6 nitrogen and oxygen atoms in total. The Kier molecular flexibility index (Phi) is 6.22. The summed E-state index contributed by atoms with van der Waals surface area (Å²) in [6.45, 7) is 5.79. The summed E-state index contributed by atoms with van der Waals surface area (Å²) < 4.78 is 39.7. The molecule has 0 bridgehead atoms. The van der Waals surface area contributed by atoms with Gasteiger partial charge in [0.05, 0.1) is 26.9 Å². The fraction of sp³-hybridized carbons (Fsp3) is 0.684.